The van der Waals surface area contributed by atoms with Gasteiger partial charge in [-0.2, -0.15) is 0 Å². The predicted molar refractivity (Wildman–Crippen MR) is 171 cm³/mol. The van der Waals surface area contributed by atoms with Crippen molar-refractivity contribution in [2.45, 2.75) is 6.92 Å². The van der Waals surface area contributed by atoms with Gasteiger partial charge in [-0.3, -0.25) is 4.98 Å². The average molecular weight is 529 g/mol. The second-order valence-corrected chi connectivity index (χ2v) is 10.1. The zero-order valence-electron chi connectivity index (χ0n) is 22.7. The fraction of sp³-hybridized carbons (Fsp3) is 0.0270. The Morgan fingerprint density at radius 1 is 0.659 bits per heavy atom. The third-order valence-corrected chi connectivity index (χ3v) is 7.68. The van der Waals surface area contributed by atoms with Crippen LogP contribution in [0.2, 0.25) is 0 Å². The molecule has 0 saturated heterocycles. The number of para-hydroxylation sites is 1. The second kappa shape index (κ2) is 10.2. The summed E-state index contributed by atoms with van der Waals surface area (Å²) in [5.74, 6) is 0. The minimum Gasteiger partial charge on any atom is -0.405 e. The lowest BCUT2D eigenvalue weighted by molar-refractivity contribution is 1.09. The Balaban J connectivity index is 1.45. The second-order valence-electron chi connectivity index (χ2n) is 10.1. The lowest BCUT2D eigenvalue weighted by Crippen LogP contribution is -1.99. The van der Waals surface area contributed by atoms with Gasteiger partial charge in [0.1, 0.15) is 0 Å². The molecule has 0 aliphatic rings. The molecule has 0 atom stereocenters. The van der Waals surface area contributed by atoms with E-state index in [0.717, 1.165) is 45.1 Å². The highest BCUT2D eigenvalue weighted by molar-refractivity contribution is 5.97. The number of nitrogens with zero attached hydrogens (tertiary/aromatic N) is 3. The van der Waals surface area contributed by atoms with E-state index in [1.54, 1.807) is 6.20 Å². The van der Waals surface area contributed by atoms with Gasteiger partial charge in [-0.05, 0) is 89.1 Å². The van der Waals surface area contributed by atoms with Gasteiger partial charge in [-0.25, -0.2) is 4.98 Å². The van der Waals surface area contributed by atoms with Gasteiger partial charge in [0.05, 0.1) is 28.3 Å². The minimum absolute atomic E-state index is 0.838. The van der Waals surface area contributed by atoms with E-state index in [9.17, 15) is 0 Å². The summed E-state index contributed by atoms with van der Waals surface area (Å²) in [5.41, 5.74) is 16.2. The maximum absolute atomic E-state index is 5.89. The van der Waals surface area contributed by atoms with Gasteiger partial charge >= 0.3 is 0 Å². The average Bonchev–Trinajstić information content (AvgIpc) is 3.32. The summed E-state index contributed by atoms with van der Waals surface area (Å²) in [6.07, 6.45) is 5.39. The number of aromatic nitrogens is 3. The van der Waals surface area contributed by atoms with Crippen LogP contribution in [-0.4, -0.2) is 14.5 Å². The number of pyridine rings is 2. The van der Waals surface area contributed by atoms with Crippen LogP contribution in [0.1, 0.15) is 11.3 Å². The first-order valence-electron chi connectivity index (χ1n) is 13.7. The van der Waals surface area contributed by atoms with Gasteiger partial charge in [0.2, 0.25) is 0 Å². The highest BCUT2D eigenvalue weighted by Crippen LogP contribution is 2.35. The SMILES string of the molecule is Cc1c(/C=C\N)n(-c2cccc(-c3cc(-c4cccc5ccccc45)cc(-c4ccccn4)n3)c2)c2ccccc12. The van der Waals surface area contributed by atoms with Crippen molar-refractivity contribution in [1.82, 2.24) is 14.5 Å². The monoisotopic (exact) mass is 528 g/mol. The van der Waals surface area contributed by atoms with Crippen molar-refractivity contribution in [1.29, 1.82) is 0 Å². The van der Waals surface area contributed by atoms with E-state index in [4.69, 9.17) is 10.7 Å². The Morgan fingerprint density at radius 3 is 2.27 bits per heavy atom. The van der Waals surface area contributed by atoms with Crippen molar-refractivity contribution in [2.75, 3.05) is 0 Å². The Morgan fingerprint density at radius 2 is 1.41 bits per heavy atom. The van der Waals surface area contributed by atoms with E-state index in [2.05, 4.69) is 120 Å². The molecular formula is C37H28N4. The van der Waals surface area contributed by atoms with Gasteiger partial charge in [0.25, 0.3) is 0 Å². The van der Waals surface area contributed by atoms with E-state index < -0.39 is 0 Å². The van der Waals surface area contributed by atoms with Crippen LogP contribution in [0.4, 0.5) is 0 Å². The van der Waals surface area contributed by atoms with Gasteiger partial charge in [-0.15, -0.1) is 0 Å². The van der Waals surface area contributed by atoms with Crippen LogP contribution < -0.4 is 5.73 Å². The molecule has 3 heterocycles. The molecule has 7 aromatic rings. The summed E-state index contributed by atoms with van der Waals surface area (Å²) in [7, 11) is 0. The predicted octanol–water partition coefficient (Wildman–Crippen LogP) is 8.81. The first-order valence-corrected chi connectivity index (χ1v) is 13.7. The number of nitrogens with two attached hydrogens (primary N) is 1. The van der Waals surface area contributed by atoms with E-state index in [0.29, 0.717) is 0 Å². The summed E-state index contributed by atoms with van der Waals surface area (Å²) in [5, 5.41) is 3.62. The Kier molecular flexibility index (Phi) is 6.14. The Labute approximate surface area is 239 Å². The zero-order chi connectivity index (χ0) is 27.8. The van der Waals surface area contributed by atoms with Crippen molar-refractivity contribution in [3.05, 3.63) is 145 Å². The molecule has 0 amide bonds. The van der Waals surface area contributed by atoms with Crippen LogP contribution >= 0.6 is 0 Å². The fourth-order valence-corrected chi connectivity index (χ4v) is 5.75. The summed E-state index contributed by atoms with van der Waals surface area (Å²) in [6.45, 7) is 2.15. The fourth-order valence-electron chi connectivity index (χ4n) is 5.75. The van der Waals surface area contributed by atoms with Crippen LogP contribution in [0.25, 0.3) is 67.2 Å². The molecular weight excluding hydrogens is 500 g/mol. The summed E-state index contributed by atoms with van der Waals surface area (Å²) in [4.78, 5) is 9.76. The van der Waals surface area contributed by atoms with Crippen LogP contribution in [0.15, 0.2) is 134 Å². The van der Waals surface area contributed by atoms with Gasteiger partial charge in [0, 0.05) is 22.8 Å². The molecule has 0 radical (unpaired) electrons. The topological polar surface area (TPSA) is 56.7 Å². The zero-order valence-corrected chi connectivity index (χ0v) is 22.7. The number of aryl methyl sites for hydroxylation is 1. The summed E-state index contributed by atoms with van der Waals surface area (Å²) in [6, 6.07) is 42.3. The van der Waals surface area contributed by atoms with E-state index in [1.807, 2.05) is 30.5 Å². The molecule has 4 nitrogen and oxygen atoms in total. The molecule has 0 fully saturated rings. The third-order valence-electron chi connectivity index (χ3n) is 7.68. The van der Waals surface area contributed by atoms with Crippen LogP contribution in [0, 0.1) is 6.92 Å². The number of hydrogen-bond acceptors (Lipinski definition) is 3. The molecule has 0 bridgehead atoms. The van der Waals surface area contributed by atoms with Crippen LogP contribution in [0.3, 0.4) is 0 Å². The molecule has 0 unspecified atom stereocenters. The maximum Gasteiger partial charge on any atom is 0.0899 e. The standard InChI is InChI=1S/C37H28N4/c1-25-30-14-4-5-18-37(30)41(36(25)19-20-38)29-13-8-12-27(22-29)34-23-28(24-35(40-34)33-17-6-7-21-39-33)32-16-9-11-26-10-2-3-15-31(26)32/h2-24H,38H2,1H3/b20-19-. The molecule has 0 aliphatic heterocycles. The van der Waals surface area contributed by atoms with Crippen molar-refractivity contribution in [2.24, 2.45) is 5.73 Å². The molecule has 2 N–H and O–H groups in total. The van der Waals surface area contributed by atoms with Crippen molar-refractivity contribution < 1.29 is 0 Å². The lowest BCUT2D eigenvalue weighted by atomic mass is 9.96. The van der Waals surface area contributed by atoms with Crippen molar-refractivity contribution in [3.8, 4) is 39.5 Å². The van der Waals surface area contributed by atoms with Crippen molar-refractivity contribution in [3.63, 3.8) is 0 Å². The maximum atomic E-state index is 5.89. The highest BCUT2D eigenvalue weighted by Gasteiger charge is 2.16. The Hall–Kier alpha value is -5.48. The number of benzene rings is 4. The van der Waals surface area contributed by atoms with Gasteiger partial charge < -0.3 is 10.3 Å². The third kappa shape index (κ3) is 4.36. The smallest absolute Gasteiger partial charge is 0.0899 e. The van der Waals surface area contributed by atoms with Gasteiger partial charge in [-0.1, -0.05) is 78.9 Å². The molecule has 0 aliphatic carbocycles. The number of hydrogen-bond donors (Lipinski definition) is 1. The lowest BCUT2D eigenvalue weighted by Gasteiger charge is -2.14. The molecule has 0 saturated carbocycles. The number of rotatable bonds is 5. The van der Waals surface area contributed by atoms with E-state index >= 15 is 0 Å². The highest BCUT2D eigenvalue weighted by atomic mass is 15.0. The summed E-state index contributed by atoms with van der Waals surface area (Å²) < 4.78 is 2.27. The van der Waals surface area contributed by atoms with Crippen molar-refractivity contribution >= 4 is 27.8 Å². The summed E-state index contributed by atoms with van der Waals surface area (Å²) >= 11 is 0. The van der Waals surface area contributed by atoms with Crippen LogP contribution in [-0.2, 0) is 0 Å². The molecule has 0 spiro atoms. The largest absolute Gasteiger partial charge is 0.405 e. The first kappa shape index (κ1) is 24.6. The van der Waals surface area contributed by atoms with E-state index in [1.165, 1.54) is 27.3 Å². The normalized spacial score (nSPS) is 11.5. The molecule has 41 heavy (non-hydrogen) atoms. The quantitative estimate of drug-likeness (QED) is 0.243. The molecule has 196 valence electrons. The Bertz CT molecular complexity index is 2060. The van der Waals surface area contributed by atoms with Crippen LogP contribution in [0.5, 0.6) is 0 Å². The number of fused-ring (bicyclic) bond motifs is 2. The molecule has 4 aromatic carbocycles. The first-order chi connectivity index (χ1) is 20.2. The molecule has 4 heteroatoms. The minimum atomic E-state index is 0.838. The molecule has 3 aromatic heterocycles. The molecule has 7 rings (SSSR count). The van der Waals surface area contributed by atoms with E-state index in [-0.39, 0.29) is 0 Å². The van der Waals surface area contributed by atoms with Gasteiger partial charge in [0.15, 0.2) is 0 Å².